The number of amides is 1. The third-order valence-electron chi connectivity index (χ3n) is 6.72. The van der Waals surface area contributed by atoms with E-state index in [4.69, 9.17) is 19.9 Å². The van der Waals surface area contributed by atoms with E-state index in [1.807, 2.05) is 17.0 Å². The van der Waals surface area contributed by atoms with Crippen molar-refractivity contribution in [2.24, 2.45) is 5.92 Å². The number of piperidine rings is 1. The van der Waals surface area contributed by atoms with Crippen LogP contribution in [-0.2, 0) is 11.3 Å². The minimum atomic E-state index is 0.376. The van der Waals surface area contributed by atoms with Crippen LogP contribution in [0.15, 0.2) is 56.2 Å². The molecular weight excluding hydrogens is 496 g/mol. The zero-order valence-corrected chi connectivity index (χ0v) is 21.3. The largest absolute Gasteiger partial charge is 0.492 e. The van der Waals surface area contributed by atoms with Crippen molar-refractivity contribution >= 4 is 46.9 Å². The lowest BCUT2D eigenvalue weighted by Gasteiger charge is -2.29. The average molecular weight is 523 g/mol. The Balaban J connectivity index is 1.35. The van der Waals surface area contributed by atoms with Crippen molar-refractivity contribution < 1.29 is 13.9 Å². The molecule has 1 amide bonds. The van der Waals surface area contributed by atoms with Crippen LogP contribution < -0.4 is 10.5 Å². The number of aryl methyl sites for hydroxylation is 1. The molecule has 0 saturated carbocycles. The molecule has 5 heterocycles. The van der Waals surface area contributed by atoms with Gasteiger partial charge in [-0.2, -0.15) is 0 Å². The van der Waals surface area contributed by atoms with Gasteiger partial charge in [-0.1, -0.05) is 11.8 Å². The summed E-state index contributed by atoms with van der Waals surface area (Å²) in [4.78, 5) is 28.7. The van der Waals surface area contributed by atoms with E-state index in [0.717, 1.165) is 88.7 Å². The molecule has 0 radical (unpaired) electrons. The summed E-state index contributed by atoms with van der Waals surface area (Å²) in [7, 11) is 0. The molecule has 0 unspecified atom stereocenters. The van der Waals surface area contributed by atoms with Crippen LogP contribution >= 0.6 is 23.5 Å². The maximum atomic E-state index is 11.1. The first kappa shape index (κ1) is 23.2. The molecule has 186 valence electrons. The van der Waals surface area contributed by atoms with Crippen LogP contribution in [0.1, 0.15) is 19.3 Å². The van der Waals surface area contributed by atoms with Gasteiger partial charge in [0.1, 0.15) is 17.8 Å². The Morgan fingerprint density at radius 2 is 2.14 bits per heavy atom. The van der Waals surface area contributed by atoms with Crippen molar-refractivity contribution in [3.8, 4) is 17.1 Å². The Morgan fingerprint density at radius 3 is 2.94 bits per heavy atom. The predicted molar refractivity (Wildman–Crippen MR) is 139 cm³/mol. The molecule has 9 nitrogen and oxygen atoms in total. The fourth-order valence-electron chi connectivity index (χ4n) is 4.75. The first-order valence-electron chi connectivity index (χ1n) is 12.0. The van der Waals surface area contributed by atoms with Crippen LogP contribution in [0.25, 0.3) is 22.5 Å². The van der Waals surface area contributed by atoms with Gasteiger partial charge in [-0.25, -0.2) is 15.0 Å². The highest BCUT2D eigenvalue weighted by molar-refractivity contribution is 8.00. The van der Waals surface area contributed by atoms with Gasteiger partial charge in [0.05, 0.1) is 17.8 Å². The number of thioether (sulfide) groups is 1. The normalized spacial score (nSPS) is 16.2. The highest BCUT2D eigenvalue weighted by Crippen LogP contribution is 2.44. The number of ether oxygens (including phenoxy) is 1. The van der Waals surface area contributed by atoms with Crippen LogP contribution in [0.5, 0.6) is 5.75 Å². The summed E-state index contributed by atoms with van der Waals surface area (Å²) < 4.78 is 13.8. The summed E-state index contributed by atoms with van der Waals surface area (Å²) in [5.74, 6) is 3.51. The minimum absolute atomic E-state index is 0.376. The number of furan rings is 1. The van der Waals surface area contributed by atoms with Crippen molar-refractivity contribution in [2.75, 3.05) is 31.2 Å². The zero-order chi connectivity index (χ0) is 24.5. The van der Waals surface area contributed by atoms with E-state index >= 15 is 0 Å². The lowest BCUT2D eigenvalue weighted by atomic mass is 9.94. The first-order chi connectivity index (χ1) is 17.7. The van der Waals surface area contributed by atoms with Gasteiger partial charge in [0, 0.05) is 35.8 Å². The third kappa shape index (κ3) is 4.53. The molecule has 3 aromatic heterocycles. The summed E-state index contributed by atoms with van der Waals surface area (Å²) in [6, 6.07) is 8.07. The summed E-state index contributed by atoms with van der Waals surface area (Å²) in [5.41, 5.74) is 8.51. The minimum Gasteiger partial charge on any atom is -0.492 e. The Kier molecular flexibility index (Phi) is 6.49. The van der Waals surface area contributed by atoms with Gasteiger partial charge in [0.2, 0.25) is 6.41 Å². The molecule has 4 aromatic rings. The number of fused-ring (bicyclic) bond motifs is 2. The number of carbonyl (C=O) groups excluding carboxylic acids is 1. The van der Waals surface area contributed by atoms with E-state index in [-0.39, 0.29) is 0 Å². The van der Waals surface area contributed by atoms with Crippen LogP contribution in [0.2, 0.25) is 0 Å². The molecule has 0 aliphatic carbocycles. The fourth-order valence-corrected chi connectivity index (χ4v) is 6.74. The van der Waals surface area contributed by atoms with Gasteiger partial charge in [0.25, 0.3) is 0 Å². The summed E-state index contributed by atoms with van der Waals surface area (Å²) >= 11 is 3.38. The number of carbonyl (C=O) groups is 1. The molecule has 1 saturated heterocycles. The summed E-state index contributed by atoms with van der Waals surface area (Å²) in [6.45, 7) is 3.09. The fraction of sp³-hybridized carbons (Fsp3) is 0.360. The number of nitrogens with zero attached hydrogens (tertiary/aromatic N) is 5. The molecule has 2 aliphatic rings. The molecular formula is C25H26N6O3S2. The Morgan fingerprint density at radius 1 is 1.25 bits per heavy atom. The molecule has 1 aromatic carbocycles. The summed E-state index contributed by atoms with van der Waals surface area (Å²) in [5, 5.41) is 0.817. The van der Waals surface area contributed by atoms with Crippen LogP contribution in [-0.4, -0.2) is 56.3 Å². The van der Waals surface area contributed by atoms with Gasteiger partial charge >= 0.3 is 0 Å². The molecule has 2 aliphatic heterocycles. The lowest BCUT2D eigenvalue weighted by molar-refractivity contribution is -0.119. The quantitative estimate of drug-likeness (QED) is 0.349. The van der Waals surface area contributed by atoms with Gasteiger partial charge in [0.15, 0.2) is 22.1 Å². The van der Waals surface area contributed by atoms with E-state index in [0.29, 0.717) is 23.9 Å². The maximum Gasteiger partial charge on any atom is 0.209 e. The van der Waals surface area contributed by atoms with Crippen molar-refractivity contribution in [3.63, 3.8) is 0 Å². The van der Waals surface area contributed by atoms with E-state index < -0.39 is 0 Å². The number of aromatic nitrogens is 4. The van der Waals surface area contributed by atoms with E-state index in [2.05, 4.69) is 26.7 Å². The Bertz CT molecular complexity index is 1380. The number of nitrogen functional groups attached to an aromatic ring is 1. The highest BCUT2D eigenvalue weighted by atomic mass is 32.2. The number of benzene rings is 1. The third-order valence-corrected chi connectivity index (χ3v) is 8.77. The van der Waals surface area contributed by atoms with Gasteiger partial charge in [-0.3, -0.25) is 4.79 Å². The maximum absolute atomic E-state index is 11.1. The van der Waals surface area contributed by atoms with Gasteiger partial charge < -0.3 is 24.4 Å². The SMILES string of the molecule is Nc1ncnc2c1nc(Sc1cc3c(cc1-c1ccco1)OCCS3)n2CCC1CCN(C=O)CC1. The molecule has 0 atom stereocenters. The van der Waals surface area contributed by atoms with Gasteiger partial charge in [-0.15, -0.1) is 11.8 Å². The molecule has 2 N–H and O–H groups in total. The second-order valence-electron chi connectivity index (χ2n) is 8.92. The van der Waals surface area contributed by atoms with Crippen LogP contribution in [0, 0.1) is 5.92 Å². The molecule has 11 heteroatoms. The molecule has 36 heavy (non-hydrogen) atoms. The van der Waals surface area contributed by atoms with Crippen molar-refractivity contribution in [3.05, 3.63) is 36.9 Å². The van der Waals surface area contributed by atoms with Crippen LogP contribution in [0.4, 0.5) is 5.82 Å². The monoisotopic (exact) mass is 522 g/mol. The number of nitrogens with two attached hydrogens (primary N) is 1. The van der Waals surface area contributed by atoms with E-state index in [9.17, 15) is 4.79 Å². The standard InChI is InChI=1S/C25H26N6O3S2/c26-23-22-24(28-14-27-23)31(8-5-16-3-6-30(15-32)7-4-16)25(29-22)36-20-13-21-19(34-10-11-35-21)12-17(20)18-2-1-9-33-18/h1-2,9,12-16H,3-8,10-11H2,(H2,26,27,28). The average Bonchev–Trinajstić information content (AvgIpc) is 3.57. The molecule has 6 rings (SSSR count). The highest BCUT2D eigenvalue weighted by Gasteiger charge is 2.23. The number of hydrogen-bond donors (Lipinski definition) is 1. The zero-order valence-electron chi connectivity index (χ0n) is 19.6. The van der Waals surface area contributed by atoms with E-state index in [1.54, 1.807) is 29.8 Å². The first-order valence-corrected chi connectivity index (χ1v) is 13.8. The summed E-state index contributed by atoms with van der Waals surface area (Å²) in [6.07, 6.45) is 7.13. The number of anilines is 1. The number of hydrogen-bond acceptors (Lipinski definition) is 9. The van der Waals surface area contributed by atoms with Crippen molar-refractivity contribution in [1.29, 1.82) is 0 Å². The second kappa shape index (κ2) is 10.1. The molecule has 1 fully saturated rings. The molecule has 0 bridgehead atoms. The van der Waals surface area contributed by atoms with Gasteiger partial charge in [-0.05, 0) is 49.4 Å². The second-order valence-corrected chi connectivity index (χ2v) is 11.1. The predicted octanol–water partition coefficient (Wildman–Crippen LogP) is 4.56. The van der Waals surface area contributed by atoms with Crippen LogP contribution in [0.3, 0.4) is 0 Å². The Labute approximate surface area is 216 Å². The number of likely N-dealkylation sites (tertiary alicyclic amines) is 1. The topological polar surface area (TPSA) is 112 Å². The lowest BCUT2D eigenvalue weighted by Crippen LogP contribution is -2.32. The molecule has 0 spiro atoms. The van der Waals surface area contributed by atoms with E-state index in [1.165, 1.54) is 6.33 Å². The Hall–Kier alpha value is -3.18. The smallest absolute Gasteiger partial charge is 0.209 e. The number of rotatable bonds is 7. The van der Waals surface area contributed by atoms with Crippen molar-refractivity contribution in [2.45, 2.75) is 40.8 Å². The van der Waals surface area contributed by atoms with Crippen molar-refractivity contribution in [1.82, 2.24) is 24.4 Å². The number of imidazole rings is 1.